The average Bonchev–Trinajstić information content (AvgIpc) is 3.13. The van der Waals surface area contributed by atoms with E-state index < -0.39 is 10.0 Å². The minimum absolute atomic E-state index is 0.193. The van der Waals surface area contributed by atoms with Gasteiger partial charge in [-0.3, -0.25) is 0 Å². The SMILES string of the molecule is CCCCCc1ccc(S(=O)(=O)N2C[C@H]3COC[C@@]3(COC)C2)cc1. The first-order valence-electron chi connectivity index (χ1n) is 9.17. The van der Waals surface area contributed by atoms with Crippen molar-refractivity contribution in [3.63, 3.8) is 0 Å². The molecule has 6 heteroatoms. The van der Waals surface area contributed by atoms with Crippen LogP contribution in [-0.4, -0.2) is 52.7 Å². The second-order valence-electron chi connectivity index (χ2n) is 7.41. The fraction of sp³-hybridized carbons (Fsp3) is 0.684. The third kappa shape index (κ3) is 3.77. The van der Waals surface area contributed by atoms with E-state index in [2.05, 4.69) is 6.92 Å². The van der Waals surface area contributed by atoms with E-state index in [-0.39, 0.29) is 11.3 Å². The summed E-state index contributed by atoms with van der Waals surface area (Å²) in [4.78, 5) is 0.389. The van der Waals surface area contributed by atoms with Crippen LogP contribution in [0.1, 0.15) is 31.7 Å². The van der Waals surface area contributed by atoms with Gasteiger partial charge in [0.05, 0.1) is 24.7 Å². The Morgan fingerprint density at radius 2 is 2.04 bits per heavy atom. The Bertz CT molecular complexity index is 673. The lowest BCUT2D eigenvalue weighted by Gasteiger charge is -2.26. The highest BCUT2D eigenvalue weighted by Gasteiger charge is 2.53. The van der Waals surface area contributed by atoms with E-state index >= 15 is 0 Å². The number of nitrogens with zero attached hydrogens (tertiary/aromatic N) is 1. The van der Waals surface area contributed by atoms with E-state index in [0.717, 1.165) is 12.8 Å². The third-order valence-electron chi connectivity index (χ3n) is 5.55. The average molecular weight is 368 g/mol. The molecule has 0 bridgehead atoms. The van der Waals surface area contributed by atoms with Crippen LogP contribution in [-0.2, 0) is 25.9 Å². The summed E-state index contributed by atoms with van der Waals surface area (Å²) in [7, 11) is -1.79. The van der Waals surface area contributed by atoms with Gasteiger partial charge in [0.2, 0.25) is 10.0 Å². The van der Waals surface area contributed by atoms with E-state index in [1.807, 2.05) is 12.1 Å². The maximum absolute atomic E-state index is 13.0. The second kappa shape index (κ2) is 7.74. The molecule has 1 aromatic carbocycles. The molecule has 5 nitrogen and oxygen atoms in total. The Hall–Kier alpha value is -0.950. The molecule has 2 saturated heterocycles. The summed E-state index contributed by atoms with van der Waals surface area (Å²) in [5.74, 6) is 0.218. The molecular formula is C19H29NO4S. The number of fused-ring (bicyclic) bond motifs is 1. The van der Waals surface area contributed by atoms with E-state index in [1.165, 1.54) is 18.4 Å². The van der Waals surface area contributed by atoms with Gasteiger partial charge in [-0.15, -0.1) is 0 Å². The third-order valence-corrected chi connectivity index (χ3v) is 7.38. The maximum atomic E-state index is 13.0. The fourth-order valence-corrected chi connectivity index (χ4v) is 5.60. The van der Waals surface area contributed by atoms with E-state index in [0.29, 0.717) is 37.8 Å². The van der Waals surface area contributed by atoms with Crippen molar-refractivity contribution in [1.82, 2.24) is 4.31 Å². The second-order valence-corrected chi connectivity index (χ2v) is 9.34. The molecule has 0 amide bonds. The van der Waals surface area contributed by atoms with Crippen LogP contribution in [0.4, 0.5) is 0 Å². The number of hydrogen-bond acceptors (Lipinski definition) is 4. The van der Waals surface area contributed by atoms with Gasteiger partial charge < -0.3 is 9.47 Å². The van der Waals surface area contributed by atoms with Crippen molar-refractivity contribution in [3.05, 3.63) is 29.8 Å². The van der Waals surface area contributed by atoms with Crippen molar-refractivity contribution in [2.75, 3.05) is 40.0 Å². The first-order valence-corrected chi connectivity index (χ1v) is 10.6. The molecule has 2 fully saturated rings. The van der Waals surface area contributed by atoms with Gasteiger partial charge in [-0.2, -0.15) is 4.31 Å². The standard InChI is InChI=1S/C19H29NO4S/c1-3-4-5-6-16-7-9-18(10-8-16)25(21,22)20-11-17-12-24-15-19(17,13-20)14-23-2/h7-10,17H,3-6,11-15H2,1-2H3/t17-,19-/m0/s1. The monoisotopic (exact) mass is 367 g/mol. The molecule has 0 spiro atoms. The summed E-state index contributed by atoms with van der Waals surface area (Å²) in [6.07, 6.45) is 4.55. The molecule has 2 atom stereocenters. The molecule has 140 valence electrons. The minimum Gasteiger partial charge on any atom is -0.384 e. The lowest BCUT2D eigenvalue weighted by atomic mass is 9.82. The van der Waals surface area contributed by atoms with Crippen LogP contribution in [0.3, 0.4) is 0 Å². The van der Waals surface area contributed by atoms with Crippen molar-refractivity contribution in [1.29, 1.82) is 0 Å². The first-order chi connectivity index (χ1) is 12.0. The van der Waals surface area contributed by atoms with Gasteiger partial charge >= 0.3 is 0 Å². The summed E-state index contributed by atoms with van der Waals surface area (Å²) in [5.41, 5.74) is 1.01. The van der Waals surface area contributed by atoms with Gasteiger partial charge in [-0.25, -0.2) is 8.42 Å². The number of rotatable bonds is 8. The molecule has 2 aliphatic rings. The van der Waals surface area contributed by atoms with E-state index in [9.17, 15) is 8.42 Å². The molecule has 2 aliphatic heterocycles. The van der Waals surface area contributed by atoms with Crippen LogP contribution in [0.15, 0.2) is 29.2 Å². The van der Waals surface area contributed by atoms with Crippen LogP contribution in [0, 0.1) is 11.3 Å². The zero-order valence-corrected chi connectivity index (χ0v) is 16.1. The van der Waals surface area contributed by atoms with Gasteiger partial charge in [0, 0.05) is 31.5 Å². The zero-order valence-electron chi connectivity index (χ0n) is 15.2. The molecule has 0 saturated carbocycles. The molecule has 0 aromatic heterocycles. The zero-order chi connectivity index (χ0) is 17.9. The number of benzene rings is 1. The number of hydrogen-bond donors (Lipinski definition) is 0. The Balaban J connectivity index is 1.72. The van der Waals surface area contributed by atoms with Crippen LogP contribution >= 0.6 is 0 Å². The summed E-state index contributed by atoms with van der Waals surface area (Å²) >= 11 is 0. The molecule has 25 heavy (non-hydrogen) atoms. The normalized spacial score (nSPS) is 26.9. The van der Waals surface area contributed by atoms with E-state index in [1.54, 1.807) is 23.5 Å². The molecular weight excluding hydrogens is 338 g/mol. The largest absolute Gasteiger partial charge is 0.384 e. The number of unbranched alkanes of at least 4 members (excludes halogenated alkanes) is 2. The lowest BCUT2D eigenvalue weighted by molar-refractivity contribution is 0.0601. The molecule has 2 heterocycles. The molecule has 0 unspecified atom stereocenters. The highest BCUT2D eigenvalue weighted by atomic mass is 32.2. The summed E-state index contributed by atoms with van der Waals surface area (Å²) in [6.45, 7) is 4.91. The maximum Gasteiger partial charge on any atom is 0.243 e. The molecule has 1 aromatic rings. The van der Waals surface area contributed by atoms with Crippen molar-refractivity contribution >= 4 is 10.0 Å². The van der Waals surface area contributed by atoms with Crippen LogP contribution in [0.25, 0.3) is 0 Å². The van der Waals surface area contributed by atoms with Crippen LogP contribution < -0.4 is 0 Å². The van der Waals surface area contributed by atoms with Crippen molar-refractivity contribution < 1.29 is 17.9 Å². The summed E-state index contributed by atoms with van der Waals surface area (Å²) in [5, 5.41) is 0. The summed E-state index contributed by atoms with van der Waals surface area (Å²) in [6, 6.07) is 7.41. The predicted molar refractivity (Wildman–Crippen MR) is 97.0 cm³/mol. The first kappa shape index (κ1) is 18.8. The van der Waals surface area contributed by atoms with Crippen molar-refractivity contribution in [2.24, 2.45) is 11.3 Å². The van der Waals surface area contributed by atoms with Crippen LogP contribution in [0.5, 0.6) is 0 Å². The van der Waals surface area contributed by atoms with Gasteiger partial charge in [-0.1, -0.05) is 31.9 Å². The Labute approximate surface area is 151 Å². The van der Waals surface area contributed by atoms with Gasteiger partial charge in [0.1, 0.15) is 0 Å². The van der Waals surface area contributed by atoms with E-state index in [4.69, 9.17) is 9.47 Å². The van der Waals surface area contributed by atoms with Crippen molar-refractivity contribution in [3.8, 4) is 0 Å². The lowest BCUT2D eigenvalue weighted by Crippen LogP contribution is -2.37. The fourth-order valence-electron chi connectivity index (χ4n) is 4.01. The molecule has 0 radical (unpaired) electrons. The van der Waals surface area contributed by atoms with Crippen molar-refractivity contribution in [2.45, 2.75) is 37.5 Å². The molecule has 0 N–H and O–H groups in total. The highest BCUT2D eigenvalue weighted by Crippen LogP contribution is 2.43. The number of methoxy groups -OCH3 is 1. The smallest absolute Gasteiger partial charge is 0.243 e. The topological polar surface area (TPSA) is 55.8 Å². The number of ether oxygens (including phenoxy) is 2. The quantitative estimate of drug-likeness (QED) is 0.663. The number of aryl methyl sites for hydroxylation is 1. The minimum atomic E-state index is -3.46. The van der Waals surface area contributed by atoms with Gasteiger partial charge in [0.25, 0.3) is 0 Å². The van der Waals surface area contributed by atoms with Gasteiger partial charge in [0.15, 0.2) is 0 Å². The number of sulfonamides is 1. The Morgan fingerprint density at radius 3 is 2.72 bits per heavy atom. The Kier molecular flexibility index (Phi) is 5.83. The molecule has 0 aliphatic carbocycles. The van der Waals surface area contributed by atoms with Crippen LogP contribution in [0.2, 0.25) is 0 Å². The molecule has 3 rings (SSSR count). The van der Waals surface area contributed by atoms with Gasteiger partial charge in [-0.05, 0) is 30.5 Å². The Morgan fingerprint density at radius 1 is 1.28 bits per heavy atom. The highest BCUT2D eigenvalue weighted by molar-refractivity contribution is 7.89. The predicted octanol–water partition coefficient (Wildman–Crippen LogP) is 2.70. The summed E-state index contributed by atoms with van der Waals surface area (Å²) < 4.78 is 38.6.